The second-order valence-electron chi connectivity index (χ2n) is 9.20. The standard InChI is InChI=1S/C25H26N2O5/c1-14(22(28)29)26-23(30)25-11-15(25)10-16(12-25)27-24(31)32-13-21-19-8-4-2-6-17(19)18-7-3-5-9-20(18)21/h2-9,14-16,21H,10-13H2,1H3,(H,26,30)(H,27,31)(H,28,29)/t14-,15-,16+,25+/m0/s1. The maximum absolute atomic E-state index is 12.6. The minimum absolute atomic E-state index is 0.000225. The Morgan fingerprint density at radius 2 is 1.69 bits per heavy atom. The van der Waals surface area contributed by atoms with Gasteiger partial charge in [0.05, 0.1) is 5.41 Å². The molecule has 0 heterocycles. The number of carboxylic acid groups (broad SMARTS) is 1. The van der Waals surface area contributed by atoms with E-state index in [1.165, 1.54) is 18.1 Å². The minimum Gasteiger partial charge on any atom is -0.480 e. The van der Waals surface area contributed by atoms with Gasteiger partial charge < -0.3 is 20.5 Å². The largest absolute Gasteiger partial charge is 0.480 e. The van der Waals surface area contributed by atoms with Crippen molar-refractivity contribution >= 4 is 18.0 Å². The predicted molar refractivity (Wildman–Crippen MR) is 117 cm³/mol. The van der Waals surface area contributed by atoms with Crippen molar-refractivity contribution in [2.45, 2.75) is 44.2 Å². The molecule has 166 valence electrons. The molecule has 3 aliphatic rings. The lowest BCUT2D eigenvalue weighted by Gasteiger charge is -2.20. The average Bonchev–Trinajstić information content (AvgIpc) is 3.21. The van der Waals surface area contributed by atoms with Crippen LogP contribution in [-0.4, -0.2) is 41.8 Å². The molecular formula is C25H26N2O5. The number of hydrogen-bond acceptors (Lipinski definition) is 4. The van der Waals surface area contributed by atoms with Gasteiger partial charge in [0.1, 0.15) is 12.6 Å². The van der Waals surface area contributed by atoms with Gasteiger partial charge in [0.25, 0.3) is 0 Å². The van der Waals surface area contributed by atoms with Crippen molar-refractivity contribution < 1.29 is 24.2 Å². The van der Waals surface area contributed by atoms with Crippen LogP contribution >= 0.6 is 0 Å². The molecule has 5 rings (SSSR count). The Kier molecular flexibility index (Phi) is 4.92. The van der Waals surface area contributed by atoms with Crippen LogP contribution in [0.1, 0.15) is 43.2 Å². The van der Waals surface area contributed by atoms with E-state index in [9.17, 15) is 14.4 Å². The van der Waals surface area contributed by atoms with Crippen LogP contribution in [0.4, 0.5) is 4.79 Å². The third-order valence-electron chi connectivity index (χ3n) is 7.25. The number of carbonyl (C=O) groups excluding carboxylic acids is 2. The Bertz CT molecular complexity index is 1050. The number of rotatable bonds is 6. The average molecular weight is 434 g/mol. The molecule has 0 unspecified atom stereocenters. The lowest BCUT2D eigenvalue weighted by Crippen LogP contribution is -2.43. The number of nitrogens with one attached hydrogen (secondary N) is 2. The molecule has 0 aromatic heterocycles. The molecule has 0 spiro atoms. The second-order valence-corrected chi connectivity index (χ2v) is 9.20. The van der Waals surface area contributed by atoms with Crippen molar-refractivity contribution in [3.05, 3.63) is 59.7 Å². The van der Waals surface area contributed by atoms with E-state index < -0.39 is 23.5 Å². The van der Waals surface area contributed by atoms with E-state index in [1.54, 1.807) is 0 Å². The summed E-state index contributed by atoms with van der Waals surface area (Å²) in [4.78, 5) is 36.1. The molecule has 2 saturated carbocycles. The zero-order valence-corrected chi connectivity index (χ0v) is 17.8. The van der Waals surface area contributed by atoms with E-state index in [4.69, 9.17) is 9.84 Å². The molecule has 0 aliphatic heterocycles. The van der Waals surface area contributed by atoms with Crippen molar-refractivity contribution in [1.29, 1.82) is 0 Å². The summed E-state index contributed by atoms with van der Waals surface area (Å²) in [7, 11) is 0. The molecule has 4 atom stereocenters. The summed E-state index contributed by atoms with van der Waals surface area (Å²) >= 11 is 0. The topological polar surface area (TPSA) is 105 Å². The van der Waals surface area contributed by atoms with Crippen LogP contribution in [0.15, 0.2) is 48.5 Å². The first-order chi connectivity index (χ1) is 15.4. The number of carboxylic acids is 1. The van der Waals surface area contributed by atoms with Crippen molar-refractivity contribution in [2.24, 2.45) is 11.3 Å². The summed E-state index contributed by atoms with van der Waals surface area (Å²) in [5.74, 6) is -1.10. The highest BCUT2D eigenvalue weighted by atomic mass is 16.5. The van der Waals surface area contributed by atoms with Gasteiger partial charge in [0.15, 0.2) is 0 Å². The highest BCUT2D eigenvalue weighted by Gasteiger charge is 2.65. The normalized spacial score (nSPS) is 25.8. The monoisotopic (exact) mass is 434 g/mol. The molecule has 0 bridgehead atoms. The van der Waals surface area contributed by atoms with Gasteiger partial charge in [-0.1, -0.05) is 48.5 Å². The number of carbonyl (C=O) groups is 3. The molecule has 0 radical (unpaired) electrons. The number of alkyl carbamates (subject to hydrolysis) is 1. The fraction of sp³-hybridized carbons (Fsp3) is 0.400. The van der Waals surface area contributed by atoms with E-state index in [0.717, 1.165) is 17.5 Å². The van der Waals surface area contributed by atoms with E-state index in [1.807, 2.05) is 24.3 Å². The number of ether oxygens (including phenoxy) is 1. The van der Waals surface area contributed by atoms with Crippen molar-refractivity contribution in [3.63, 3.8) is 0 Å². The molecule has 2 aromatic carbocycles. The Hall–Kier alpha value is -3.35. The van der Waals surface area contributed by atoms with Crippen LogP contribution in [0.25, 0.3) is 11.1 Å². The van der Waals surface area contributed by atoms with Crippen LogP contribution in [0.2, 0.25) is 0 Å². The van der Waals surface area contributed by atoms with Gasteiger partial charge in [-0.05, 0) is 54.4 Å². The third-order valence-corrected chi connectivity index (χ3v) is 7.25. The van der Waals surface area contributed by atoms with Crippen LogP contribution < -0.4 is 10.6 Å². The van der Waals surface area contributed by atoms with Gasteiger partial charge in [0, 0.05) is 12.0 Å². The van der Waals surface area contributed by atoms with E-state index in [2.05, 4.69) is 34.9 Å². The molecule has 3 N–H and O–H groups in total. The molecule has 2 aromatic rings. The fourth-order valence-electron chi connectivity index (χ4n) is 5.50. The molecule has 3 aliphatic carbocycles. The Morgan fingerprint density at radius 1 is 1.06 bits per heavy atom. The number of benzene rings is 2. The second kappa shape index (κ2) is 7.65. The van der Waals surface area contributed by atoms with Gasteiger partial charge in [-0.15, -0.1) is 0 Å². The number of amides is 2. The fourth-order valence-corrected chi connectivity index (χ4v) is 5.50. The molecule has 7 nitrogen and oxygen atoms in total. The zero-order valence-electron chi connectivity index (χ0n) is 17.8. The number of fused-ring (bicyclic) bond motifs is 4. The SMILES string of the molecule is C[C@H](NC(=O)[C@]12C[C@H](NC(=O)OCC3c4ccccc4-c4ccccc43)C[C@H]1C2)C(=O)O. The zero-order chi connectivity index (χ0) is 22.5. The van der Waals surface area contributed by atoms with Crippen molar-refractivity contribution in [2.75, 3.05) is 6.61 Å². The number of aliphatic carboxylic acids is 1. The molecular weight excluding hydrogens is 408 g/mol. The summed E-state index contributed by atoms with van der Waals surface area (Å²) in [6.07, 6.45) is 1.49. The smallest absolute Gasteiger partial charge is 0.407 e. The van der Waals surface area contributed by atoms with Crippen LogP contribution in [0.5, 0.6) is 0 Å². The maximum atomic E-state index is 12.6. The summed E-state index contributed by atoms with van der Waals surface area (Å²) in [5, 5.41) is 14.5. The van der Waals surface area contributed by atoms with E-state index in [-0.39, 0.29) is 30.4 Å². The Labute approximate surface area is 186 Å². The highest BCUT2D eigenvalue weighted by molar-refractivity contribution is 5.90. The van der Waals surface area contributed by atoms with Crippen LogP contribution in [-0.2, 0) is 14.3 Å². The summed E-state index contributed by atoms with van der Waals surface area (Å²) in [6.45, 7) is 1.70. The number of hydrogen-bond donors (Lipinski definition) is 3. The van der Waals surface area contributed by atoms with E-state index >= 15 is 0 Å². The molecule has 2 amide bonds. The molecule has 32 heavy (non-hydrogen) atoms. The van der Waals surface area contributed by atoms with Gasteiger partial charge in [-0.3, -0.25) is 9.59 Å². The lowest BCUT2D eigenvalue weighted by molar-refractivity contribution is -0.142. The van der Waals surface area contributed by atoms with Gasteiger partial charge in [0.2, 0.25) is 5.91 Å². The first-order valence-electron chi connectivity index (χ1n) is 11.0. The molecule has 0 saturated heterocycles. The highest BCUT2D eigenvalue weighted by Crippen LogP contribution is 2.63. The quantitative estimate of drug-likeness (QED) is 0.647. The van der Waals surface area contributed by atoms with Crippen LogP contribution in [0, 0.1) is 11.3 Å². The van der Waals surface area contributed by atoms with Gasteiger partial charge in [-0.2, -0.15) is 0 Å². The maximum Gasteiger partial charge on any atom is 0.407 e. The van der Waals surface area contributed by atoms with Gasteiger partial charge in [-0.25, -0.2) is 4.79 Å². The first kappa shape index (κ1) is 20.5. The van der Waals surface area contributed by atoms with Crippen LogP contribution in [0.3, 0.4) is 0 Å². The summed E-state index contributed by atoms with van der Waals surface area (Å²) in [5.41, 5.74) is 4.12. The third kappa shape index (κ3) is 3.42. The van der Waals surface area contributed by atoms with Crippen molar-refractivity contribution in [3.8, 4) is 11.1 Å². The van der Waals surface area contributed by atoms with Gasteiger partial charge >= 0.3 is 12.1 Å². The van der Waals surface area contributed by atoms with E-state index in [0.29, 0.717) is 12.8 Å². The first-order valence-corrected chi connectivity index (χ1v) is 11.0. The predicted octanol–water partition coefficient (Wildman–Crippen LogP) is 3.28. The Morgan fingerprint density at radius 3 is 2.31 bits per heavy atom. The Balaban J connectivity index is 1.18. The van der Waals surface area contributed by atoms with Crippen molar-refractivity contribution in [1.82, 2.24) is 10.6 Å². The minimum atomic E-state index is -1.06. The summed E-state index contributed by atoms with van der Waals surface area (Å²) < 4.78 is 5.61. The lowest BCUT2D eigenvalue weighted by atomic mass is 9.98. The molecule has 7 heteroatoms. The molecule has 2 fully saturated rings. The summed E-state index contributed by atoms with van der Waals surface area (Å²) in [6, 6.07) is 15.3.